The average molecular weight is 274 g/mol. The first-order valence-electron chi connectivity index (χ1n) is 6.47. The zero-order valence-corrected chi connectivity index (χ0v) is 11.7. The van der Waals surface area contributed by atoms with E-state index in [0.717, 1.165) is 24.3 Å². The SMILES string of the molecule is Cc1ccc(CC(Cl)c2ccc3c(c2)COC3)nc1. The van der Waals surface area contributed by atoms with Crippen molar-refractivity contribution in [3.63, 3.8) is 0 Å². The molecule has 98 valence electrons. The quantitative estimate of drug-likeness (QED) is 0.790. The number of hydrogen-bond donors (Lipinski definition) is 0. The van der Waals surface area contributed by atoms with Crippen LogP contribution < -0.4 is 0 Å². The van der Waals surface area contributed by atoms with E-state index in [-0.39, 0.29) is 5.38 Å². The zero-order chi connectivity index (χ0) is 13.2. The van der Waals surface area contributed by atoms with Gasteiger partial charge in [0.2, 0.25) is 0 Å². The lowest BCUT2D eigenvalue weighted by Gasteiger charge is -2.11. The Labute approximate surface area is 118 Å². The van der Waals surface area contributed by atoms with Crippen molar-refractivity contribution in [1.29, 1.82) is 0 Å². The number of pyridine rings is 1. The third kappa shape index (κ3) is 2.80. The lowest BCUT2D eigenvalue weighted by molar-refractivity contribution is 0.134. The molecule has 1 aliphatic heterocycles. The maximum Gasteiger partial charge on any atom is 0.0725 e. The Morgan fingerprint density at radius 3 is 2.84 bits per heavy atom. The predicted molar refractivity (Wildman–Crippen MR) is 76.2 cm³/mol. The molecule has 1 aromatic heterocycles. The topological polar surface area (TPSA) is 22.1 Å². The van der Waals surface area contributed by atoms with Crippen molar-refractivity contribution in [1.82, 2.24) is 4.98 Å². The van der Waals surface area contributed by atoms with Crippen LogP contribution in [0.1, 0.15) is 33.3 Å². The predicted octanol–water partition coefficient (Wildman–Crippen LogP) is 3.94. The van der Waals surface area contributed by atoms with Crippen LogP contribution in [0.3, 0.4) is 0 Å². The summed E-state index contributed by atoms with van der Waals surface area (Å²) >= 11 is 6.50. The van der Waals surface area contributed by atoms with Gasteiger partial charge in [-0.1, -0.05) is 24.3 Å². The van der Waals surface area contributed by atoms with Crippen LogP contribution in [0.5, 0.6) is 0 Å². The van der Waals surface area contributed by atoms with Gasteiger partial charge >= 0.3 is 0 Å². The summed E-state index contributed by atoms with van der Waals surface area (Å²) in [5, 5.41) is -0.0406. The van der Waals surface area contributed by atoms with Crippen LogP contribution in [0.4, 0.5) is 0 Å². The number of ether oxygens (including phenoxy) is 1. The molecule has 3 rings (SSSR count). The first-order valence-corrected chi connectivity index (χ1v) is 6.91. The van der Waals surface area contributed by atoms with Gasteiger partial charge < -0.3 is 4.74 Å². The van der Waals surface area contributed by atoms with Gasteiger partial charge in [0.05, 0.1) is 18.6 Å². The Hall–Kier alpha value is -1.38. The number of nitrogens with zero attached hydrogens (tertiary/aromatic N) is 1. The Morgan fingerprint density at radius 1 is 1.21 bits per heavy atom. The molecule has 2 nitrogen and oxygen atoms in total. The van der Waals surface area contributed by atoms with Gasteiger partial charge in [-0.25, -0.2) is 0 Å². The average Bonchev–Trinajstić information content (AvgIpc) is 2.88. The summed E-state index contributed by atoms with van der Waals surface area (Å²) < 4.78 is 5.43. The molecule has 0 aliphatic carbocycles. The van der Waals surface area contributed by atoms with E-state index in [4.69, 9.17) is 16.3 Å². The van der Waals surface area contributed by atoms with E-state index in [1.165, 1.54) is 16.7 Å². The van der Waals surface area contributed by atoms with Crippen molar-refractivity contribution in [3.8, 4) is 0 Å². The summed E-state index contributed by atoms with van der Waals surface area (Å²) in [5.74, 6) is 0. The van der Waals surface area contributed by atoms with Crippen molar-refractivity contribution in [2.45, 2.75) is 31.9 Å². The minimum atomic E-state index is -0.0406. The summed E-state index contributed by atoms with van der Waals surface area (Å²) in [6.45, 7) is 3.47. The van der Waals surface area contributed by atoms with Crippen LogP contribution >= 0.6 is 11.6 Å². The molecule has 0 saturated heterocycles. The fraction of sp³-hybridized carbons (Fsp3) is 0.312. The van der Waals surface area contributed by atoms with E-state index in [2.05, 4.69) is 29.2 Å². The minimum Gasteiger partial charge on any atom is -0.372 e. The molecule has 3 heteroatoms. The van der Waals surface area contributed by atoms with Gasteiger partial charge in [-0.3, -0.25) is 4.98 Å². The molecule has 2 heterocycles. The van der Waals surface area contributed by atoms with Gasteiger partial charge in [0.1, 0.15) is 0 Å². The van der Waals surface area contributed by atoms with E-state index in [9.17, 15) is 0 Å². The molecule has 1 unspecified atom stereocenters. The van der Waals surface area contributed by atoms with Gasteiger partial charge in [0.25, 0.3) is 0 Å². The molecule has 0 fully saturated rings. The summed E-state index contributed by atoms with van der Waals surface area (Å²) in [6, 6.07) is 10.5. The number of hydrogen-bond acceptors (Lipinski definition) is 2. The smallest absolute Gasteiger partial charge is 0.0725 e. The molecule has 0 N–H and O–H groups in total. The first kappa shape index (κ1) is 12.6. The number of fused-ring (bicyclic) bond motifs is 1. The van der Waals surface area contributed by atoms with E-state index in [0.29, 0.717) is 6.61 Å². The Kier molecular flexibility index (Phi) is 3.54. The number of aryl methyl sites for hydroxylation is 1. The second kappa shape index (κ2) is 5.32. The molecule has 0 bridgehead atoms. The van der Waals surface area contributed by atoms with Crippen molar-refractivity contribution in [2.24, 2.45) is 0 Å². The van der Waals surface area contributed by atoms with Crippen molar-refractivity contribution in [2.75, 3.05) is 0 Å². The lowest BCUT2D eigenvalue weighted by Crippen LogP contribution is -1.99. The fourth-order valence-electron chi connectivity index (χ4n) is 2.31. The van der Waals surface area contributed by atoms with E-state index in [1.54, 1.807) is 0 Å². The summed E-state index contributed by atoms with van der Waals surface area (Å²) in [5.41, 5.74) is 5.89. The molecular weight excluding hydrogens is 258 g/mol. The number of halogens is 1. The van der Waals surface area contributed by atoms with Crippen LogP contribution in [0.25, 0.3) is 0 Å². The molecule has 1 atom stereocenters. The normalized spacial score (nSPS) is 15.3. The highest BCUT2D eigenvalue weighted by Gasteiger charge is 2.15. The molecule has 19 heavy (non-hydrogen) atoms. The molecule has 0 radical (unpaired) electrons. The number of benzene rings is 1. The second-order valence-corrected chi connectivity index (χ2v) is 5.55. The van der Waals surface area contributed by atoms with Crippen LogP contribution in [-0.2, 0) is 24.4 Å². The van der Waals surface area contributed by atoms with Crippen LogP contribution in [-0.4, -0.2) is 4.98 Å². The summed E-state index contributed by atoms with van der Waals surface area (Å²) in [4.78, 5) is 4.41. The Bertz CT molecular complexity index is 580. The maximum absolute atomic E-state index is 6.50. The number of alkyl halides is 1. The third-order valence-electron chi connectivity index (χ3n) is 3.47. The Balaban J connectivity index is 1.76. The summed E-state index contributed by atoms with van der Waals surface area (Å²) in [7, 11) is 0. The van der Waals surface area contributed by atoms with Crippen LogP contribution in [0.2, 0.25) is 0 Å². The van der Waals surface area contributed by atoms with Gasteiger partial charge in [0, 0.05) is 18.3 Å². The molecule has 1 aliphatic rings. The molecule has 0 amide bonds. The van der Waals surface area contributed by atoms with Gasteiger partial charge in [-0.2, -0.15) is 0 Å². The standard InChI is InChI=1S/C16H16ClNO/c1-11-2-5-15(18-8-11)7-16(17)12-3-4-13-9-19-10-14(13)6-12/h2-6,8,16H,7,9-10H2,1H3. The zero-order valence-electron chi connectivity index (χ0n) is 10.9. The van der Waals surface area contributed by atoms with Crippen molar-refractivity contribution < 1.29 is 4.74 Å². The van der Waals surface area contributed by atoms with Crippen molar-refractivity contribution in [3.05, 3.63) is 64.5 Å². The molecule has 0 spiro atoms. The van der Waals surface area contributed by atoms with Gasteiger partial charge in [-0.05, 0) is 35.2 Å². The highest BCUT2D eigenvalue weighted by molar-refractivity contribution is 6.20. The van der Waals surface area contributed by atoms with Crippen LogP contribution in [0.15, 0.2) is 36.5 Å². The largest absolute Gasteiger partial charge is 0.372 e. The Morgan fingerprint density at radius 2 is 2.05 bits per heavy atom. The van der Waals surface area contributed by atoms with E-state index < -0.39 is 0 Å². The van der Waals surface area contributed by atoms with E-state index in [1.807, 2.05) is 19.2 Å². The molecular formula is C16H16ClNO. The van der Waals surface area contributed by atoms with Crippen molar-refractivity contribution >= 4 is 11.6 Å². The fourth-order valence-corrected chi connectivity index (χ4v) is 2.60. The number of aromatic nitrogens is 1. The van der Waals surface area contributed by atoms with Crippen LogP contribution in [0, 0.1) is 6.92 Å². The maximum atomic E-state index is 6.50. The highest BCUT2D eigenvalue weighted by atomic mass is 35.5. The van der Waals surface area contributed by atoms with Gasteiger partial charge in [0.15, 0.2) is 0 Å². The van der Waals surface area contributed by atoms with Gasteiger partial charge in [-0.15, -0.1) is 11.6 Å². The second-order valence-electron chi connectivity index (χ2n) is 5.02. The molecule has 0 saturated carbocycles. The highest BCUT2D eigenvalue weighted by Crippen LogP contribution is 2.29. The molecule has 1 aromatic carbocycles. The third-order valence-corrected chi connectivity index (χ3v) is 3.87. The molecule has 2 aromatic rings. The first-order chi connectivity index (χ1) is 9.22. The monoisotopic (exact) mass is 273 g/mol. The number of rotatable bonds is 3. The minimum absolute atomic E-state index is 0.0406. The van der Waals surface area contributed by atoms with E-state index >= 15 is 0 Å². The lowest BCUT2D eigenvalue weighted by atomic mass is 10.0. The summed E-state index contributed by atoms with van der Waals surface area (Å²) in [6.07, 6.45) is 2.64.